The number of methoxy groups -OCH3 is 1. The minimum Gasteiger partial charge on any atom is -0.496 e. The number of ether oxygens (including phenoxy) is 1. The largest absolute Gasteiger partial charge is 0.496 e. The Labute approximate surface area is 201 Å². The van der Waals surface area contributed by atoms with Crippen molar-refractivity contribution in [3.05, 3.63) is 100 Å². The highest BCUT2D eigenvalue weighted by Crippen LogP contribution is 2.39. The zero-order chi connectivity index (χ0) is 23.4. The van der Waals surface area contributed by atoms with Gasteiger partial charge in [0.1, 0.15) is 22.7 Å². The van der Waals surface area contributed by atoms with Gasteiger partial charge in [-0.15, -0.1) is 11.8 Å². The van der Waals surface area contributed by atoms with Crippen molar-refractivity contribution in [2.45, 2.75) is 17.7 Å². The Morgan fingerprint density at radius 3 is 2.48 bits per heavy atom. The molecule has 1 aromatic heterocycles. The molecule has 0 bridgehead atoms. The van der Waals surface area contributed by atoms with Gasteiger partial charge < -0.3 is 4.74 Å². The predicted molar refractivity (Wildman–Crippen MR) is 132 cm³/mol. The lowest BCUT2D eigenvalue weighted by atomic mass is 9.98. The van der Waals surface area contributed by atoms with Gasteiger partial charge >= 0.3 is 0 Å². The molecule has 164 valence electrons. The van der Waals surface area contributed by atoms with Gasteiger partial charge in [0.2, 0.25) is 0 Å². The molecular weight excluding hydrogens is 455 g/mol. The summed E-state index contributed by atoms with van der Waals surface area (Å²) in [5.74, 6) is 0.520. The van der Waals surface area contributed by atoms with Crippen LogP contribution in [0.4, 0.5) is 4.39 Å². The van der Waals surface area contributed by atoms with Crippen LogP contribution in [0.1, 0.15) is 16.7 Å². The third-order valence-corrected chi connectivity index (χ3v) is 6.61. The minimum absolute atomic E-state index is 0.246. The van der Waals surface area contributed by atoms with Crippen LogP contribution in [0.25, 0.3) is 22.4 Å². The quantitative estimate of drug-likeness (QED) is 0.269. The second kappa shape index (κ2) is 10.1. The van der Waals surface area contributed by atoms with E-state index in [-0.39, 0.29) is 11.6 Å². The van der Waals surface area contributed by atoms with Gasteiger partial charge in [-0.05, 0) is 31.2 Å². The van der Waals surface area contributed by atoms with Gasteiger partial charge in [0.15, 0.2) is 0 Å². The van der Waals surface area contributed by atoms with E-state index in [1.165, 1.54) is 17.8 Å². The van der Waals surface area contributed by atoms with Gasteiger partial charge in [0.25, 0.3) is 0 Å². The molecule has 4 aromatic rings. The molecule has 0 radical (unpaired) electrons. The lowest BCUT2D eigenvalue weighted by Crippen LogP contribution is -1.98. The summed E-state index contributed by atoms with van der Waals surface area (Å²) >= 11 is 7.51. The van der Waals surface area contributed by atoms with Crippen molar-refractivity contribution in [3.63, 3.8) is 0 Å². The fraction of sp³-hybridized carbons (Fsp3) is 0.111. The smallest absolute Gasteiger partial charge is 0.128 e. The minimum atomic E-state index is -0.381. The van der Waals surface area contributed by atoms with Crippen LogP contribution < -0.4 is 4.74 Å². The Hall–Kier alpha value is -3.33. The van der Waals surface area contributed by atoms with Gasteiger partial charge in [0.05, 0.1) is 18.4 Å². The van der Waals surface area contributed by atoms with Crippen LogP contribution in [0.2, 0.25) is 5.02 Å². The van der Waals surface area contributed by atoms with Crippen molar-refractivity contribution in [1.82, 2.24) is 4.98 Å². The van der Waals surface area contributed by atoms with Crippen LogP contribution in [0.5, 0.6) is 5.75 Å². The van der Waals surface area contributed by atoms with E-state index in [1.807, 2.05) is 61.5 Å². The fourth-order valence-corrected chi connectivity index (χ4v) is 4.84. The highest BCUT2D eigenvalue weighted by Gasteiger charge is 2.19. The Balaban J connectivity index is 1.88. The predicted octanol–water partition coefficient (Wildman–Crippen LogP) is 7.69. The van der Waals surface area contributed by atoms with Crippen molar-refractivity contribution in [1.29, 1.82) is 5.26 Å². The number of aromatic nitrogens is 1. The van der Waals surface area contributed by atoms with Crippen LogP contribution in [-0.4, -0.2) is 12.1 Å². The van der Waals surface area contributed by atoms with Crippen LogP contribution in [0.15, 0.2) is 77.8 Å². The molecule has 0 unspecified atom stereocenters. The molecule has 4 rings (SSSR count). The van der Waals surface area contributed by atoms with Gasteiger partial charge in [-0.25, -0.2) is 9.37 Å². The second-order valence-electron chi connectivity index (χ2n) is 7.40. The van der Waals surface area contributed by atoms with Crippen molar-refractivity contribution in [3.8, 4) is 34.2 Å². The van der Waals surface area contributed by atoms with E-state index in [0.717, 1.165) is 22.4 Å². The third-order valence-electron chi connectivity index (χ3n) is 5.26. The number of pyridine rings is 1. The third kappa shape index (κ3) is 4.88. The number of hydrogen-bond acceptors (Lipinski definition) is 4. The number of rotatable bonds is 6. The fourth-order valence-electron chi connectivity index (χ4n) is 3.50. The molecule has 33 heavy (non-hydrogen) atoms. The Bertz CT molecular complexity index is 1330. The lowest BCUT2D eigenvalue weighted by Gasteiger charge is -2.15. The molecule has 0 aliphatic heterocycles. The molecule has 3 nitrogen and oxygen atoms in total. The van der Waals surface area contributed by atoms with E-state index in [1.54, 1.807) is 19.2 Å². The standard InChI is InChI=1S/C27H20ClFN2OS/c1-17-10-12-18(13-11-17)25-14-20(19-6-3-4-9-26(19)32-2)21(15-30)27(31-25)33-16-22-23(28)7-5-8-24(22)29/h3-14H,16H2,1-2H3. The zero-order valence-electron chi connectivity index (χ0n) is 18.1. The maximum Gasteiger partial charge on any atom is 0.128 e. The van der Waals surface area contributed by atoms with E-state index in [9.17, 15) is 9.65 Å². The Morgan fingerprint density at radius 2 is 1.79 bits per heavy atom. The number of benzene rings is 3. The number of para-hydroxylation sites is 1. The summed E-state index contributed by atoms with van der Waals surface area (Å²) in [7, 11) is 1.60. The molecule has 0 fully saturated rings. The molecule has 0 N–H and O–H groups in total. The van der Waals surface area contributed by atoms with Crippen LogP contribution in [0.3, 0.4) is 0 Å². The van der Waals surface area contributed by atoms with Crippen LogP contribution in [0, 0.1) is 24.1 Å². The number of nitrogens with zero attached hydrogens (tertiary/aromatic N) is 2. The van der Waals surface area contributed by atoms with Crippen molar-refractivity contribution in [2.24, 2.45) is 0 Å². The first-order chi connectivity index (χ1) is 16.0. The first-order valence-corrected chi connectivity index (χ1v) is 11.6. The maximum atomic E-state index is 14.4. The average Bonchev–Trinajstić information content (AvgIpc) is 2.83. The summed E-state index contributed by atoms with van der Waals surface area (Å²) in [4.78, 5) is 4.79. The number of nitriles is 1. The number of aryl methyl sites for hydroxylation is 1. The van der Waals surface area contributed by atoms with Gasteiger partial charge in [-0.1, -0.05) is 65.7 Å². The van der Waals surface area contributed by atoms with Crippen molar-refractivity contribution in [2.75, 3.05) is 7.11 Å². The van der Waals surface area contributed by atoms with E-state index in [2.05, 4.69) is 6.07 Å². The van der Waals surface area contributed by atoms with E-state index >= 15 is 0 Å². The lowest BCUT2D eigenvalue weighted by molar-refractivity contribution is 0.416. The molecule has 6 heteroatoms. The first kappa shape index (κ1) is 22.8. The maximum absolute atomic E-state index is 14.4. The first-order valence-electron chi connectivity index (χ1n) is 10.2. The van der Waals surface area contributed by atoms with Gasteiger partial charge in [0, 0.05) is 33.0 Å². The second-order valence-corrected chi connectivity index (χ2v) is 8.77. The number of thioether (sulfide) groups is 1. The molecule has 1 heterocycles. The summed E-state index contributed by atoms with van der Waals surface area (Å²) in [6, 6.07) is 24.4. The topological polar surface area (TPSA) is 45.9 Å². The summed E-state index contributed by atoms with van der Waals surface area (Å²) < 4.78 is 19.9. The summed E-state index contributed by atoms with van der Waals surface area (Å²) in [5, 5.41) is 10.9. The summed E-state index contributed by atoms with van der Waals surface area (Å²) in [6.45, 7) is 2.02. The number of halogens is 2. The molecule has 0 aliphatic rings. The SMILES string of the molecule is COc1ccccc1-c1cc(-c2ccc(C)cc2)nc(SCc2c(F)cccc2Cl)c1C#N. The molecule has 0 spiro atoms. The van der Waals surface area contributed by atoms with Gasteiger partial charge in [-0.3, -0.25) is 0 Å². The van der Waals surface area contributed by atoms with E-state index < -0.39 is 0 Å². The molecule has 0 amide bonds. The van der Waals surface area contributed by atoms with Crippen molar-refractivity contribution < 1.29 is 9.13 Å². The Morgan fingerprint density at radius 1 is 1.03 bits per heavy atom. The molecule has 0 saturated heterocycles. The summed E-state index contributed by atoms with van der Waals surface area (Å²) in [6.07, 6.45) is 0. The summed E-state index contributed by atoms with van der Waals surface area (Å²) in [5.41, 5.74) is 5.08. The monoisotopic (exact) mass is 474 g/mol. The van der Waals surface area contributed by atoms with E-state index in [0.29, 0.717) is 32.5 Å². The molecule has 0 aliphatic carbocycles. The molecule has 0 saturated carbocycles. The van der Waals surface area contributed by atoms with Crippen LogP contribution in [-0.2, 0) is 5.75 Å². The van der Waals surface area contributed by atoms with Gasteiger partial charge in [-0.2, -0.15) is 5.26 Å². The van der Waals surface area contributed by atoms with E-state index in [4.69, 9.17) is 21.3 Å². The number of hydrogen-bond donors (Lipinski definition) is 0. The highest BCUT2D eigenvalue weighted by atomic mass is 35.5. The van der Waals surface area contributed by atoms with Crippen LogP contribution >= 0.6 is 23.4 Å². The molecular formula is C27H20ClFN2OS. The van der Waals surface area contributed by atoms with Crippen molar-refractivity contribution >= 4 is 23.4 Å². The highest BCUT2D eigenvalue weighted by molar-refractivity contribution is 7.98. The molecule has 0 atom stereocenters. The molecule has 3 aromatic carbocycles. The normalized spacial score (nSPS) is 10.6. The zero-order valence-corrected chi connectivity index (χ0v) is 19.7. The Kier molecular flexibility index (Phi) is 6.98. The average molecular weight is 475 g/mol.